The van der Waals surface area contributed by atoms with Crippen molar-refractivity contribution in [2.24, 2.45) is 4.99 Å². The van der Waals surface area contributed by atoms with E-state index in [9.17, 15) is 9.59 Å². The zero-order chi connectivity index (χ0) is 27.9. The highest BCUT2D eigenvalue weighted by atomic mass is 35.5. The molecule has 12 heteroatoms. The van der Waals surface area contributed by atoms with E-state index in [-0.39, 0.29) is 19.0 Å². The summed E-state index contributed by atoms with van der Waals surface area (Å²) in [5, 5.41) is 19.0. The van der Waals surface area contributed by atoms with Crippen LogP contribution in [0.3, 0.4) is 0 Å². The van der Waals surface area contributed by atoms with E-state index < -0.39 is 6.03 Å². The Kier molecular flexibility index (Phi) is 11.7. The van der Waals surface area contributed by atoms with Crippen molar-refractivity contribution in [3.63, 3.8) is 0 Å². The van der Waals surface area contributed by atoms with E-state index in [0.717, 1.165) is 5.56 Å². The molecule has 0 aliphatic rings. The molecule has 0 unspecified atom stereocenters. The second-order valence-corrected chi connectivity index (χ2v) is 7.87. The van der Waals surface area contributed by atoms with Crippen LogP contribution in [0.5, 0.6) is 11.6 Å². The van der Waals surface area contributed by atoms with Gasteiger partial charge in [-0.25, -0.2) is 14.8 Å². The minimum absolute atomic E-state index is 0.0719. The number of carboxylic acid groups (broad SMARTS) is 1. The van der Waals surface area contributed by atoms with E-state index in [1.54, 1.807) is 67.7 Å². The Morgan fingerprint density at radius 2 is 1.82 bits per heavy atom. The predicted molar refractivity (Wildman–Crippen MR) is 141 cm³/mol. The van der Waals surface area contributed by atoms with E-state index in [2.05, 4.69) is 15.3 Å². The molecule has 0 radical (unpaired) electrons. The van der Waals surface area contributed by atoms with Crippen LogP contribution < -0.4 is 10.1 Å². The van der Waals surface area contributed by atoms with Crippen LogP contribution in [0.2, 0.25) is 5.02 Å². The first-order chi connectivity index (χ1) is 18.3. The minimum Gasteiger partial charge on any atom is -0.483 e. The summed E-state index contributed by atoms with van der Waals surface area (Å²) in [4.78, 5) is 44.1. The number of hydrogen-bond donors (Lipinski definition) is 2. The number of hydrogen-bond acceptors (Lipinski definition) is 7. The molecule has 1 aromatic heterocycles. The van der Waals surface area contributed by atoms with Gasteiger partial charge in [0, 0.05) is 30.9 Å². The highest BCUT2D eigenvalue weighted by Gasteiger charge is 2.17. The molecule has 0 aliphatic heterocycles. The van der Waals surface area contributed by atoms with Gasteiger partial charge in [0.25, 0.3) is 6.47 Å². The Labute approximate surface area is 224 Å². The van der Waals surface area contributed by atoms with Gasteiger partial charge in [0.05, 0.1) is 17.8 Å². The largest absolute Gasteiger partial charge is 0.483 e. The summed E-state index contributed by atoms with van der Waals surface area (Å²) in [5.74, 6) is 0.916. The molecule has 3 aromatic rings. The summed E-state index contributed by atoms with van der Waals surface area (Å²) < 4.78 is 5.68. The molecule has 0 atom stereocenters. The first-order valence-corrected chi connectivity index (χ1v) is 11.5. The first-order valence-electron chi connectivity index (χ1n) is 11.1. The van der Waals surface area contributed by atoms with Crippen LogP contribution >= 0.6 is 11.6 Å². The number of nitrogens with zero attached hydrogens (tertiary/aromatic N) is 5. The Balaban J connectivity index is 0.00000161. The lowest BCUT2D eigenvalue weighted by atomic mass is 10.2. The van der Waals surface area contributed by atoms with Crippen molar-refractivity contribution >= 4 is 42.2 Å². The third-order valence-electron chi connectivity index (χ3n) is 4.86. The summed E-state index contributed by atoms with van der Waals surface area (Å²) in [6, 6.07) is 18.6. The molecule has 0 saturated carbocycles. The van der Waals surface area contributed by atoms with Crippen LogP contribution in [0.1, 0.15) is 18.1 Å². The fourth-order valence-corrected chi connectivity index (χ4v) is 2.91. The van der Waals surface area contributed by atoms with E-state index >= 15 is 0 Å². The Morgan fingerprint density at radius 1 is 1.16 bits per heavy atom. The fourth-order valence-electron chi connectivity index (χ4n) is 2.79. The lowest BCUT2D eigenvalue weighted by molar-refractivity contribution is -0.123. The molecular formula is C26H25ClN6O5. The third kappa shape index (κ3) is 9.25. The predicted octanol–water partition coefficient (Wildman–Crippen LogP) is 4.41. The van der Waals surface area contributed by atoms with Gasteiger partial charge in [0.2, 0.25) is 18.2 Å². The van der Waals surface area contributed by atoms with Gasteiger partial charge in [-0.3, -0.25) is 19.8 Å². The third-order valence-corrected chi connectivity index (χ3v) is 5.12. The second kappa shape index (κ2) is 15.2. The molecule has 3 rings (SSSR count). The van der Waals surface area contributed by atoms with Crippen LogP contribution in [0.25, 0.3) is 0 Å². The molecule has 1 heterocycles. The highest BCUT2D eigenvalue weighted by molar-refractivity contribution is 6.30. The summed E-state index contributed by atoms with van der Waals surface area (Å²) in [6.07, 6.45) is 2.03. The smallest absolute Gasteiger partial charge is 0.323 e. The SMILES string of the molecule is CCN(C)C(=O)NC(=Nc1ccc(Oc2ccc(C#N)cn2)cc1)N(C=O)Cc1ccc(Cl)cc1.O=CO. The van der Waals surface area contributed by atoms with Crippen molar-refractivity contribution in [2.45, 2.75) is 13.5 Å². The topological polar surface area (TPSA) is 148 Å². The molecule has 38 heavy (non-hydrogen) atoms. The van der Waals surface area contributed by atoms with Crippen LogP contribution in [0.15, 0.2) is 71.9 Å². The second-order valence-electron chi connectivity index (χ2n) is 7.44. The average molecular weight is 537 g/mol. The standard InChI is InChI=1S/C25H23ClN6O3.CH2O2/c1-3-31(2)25(34)30-24(32(17-33)16-18-4-7-20(26)8-5-18)29-21-9-11-22(12-10-21)35-23-13-6-19(14-27)15-28-23;2-1-3/h4-13,15,17H,3,16H2,1-2H3,(H,29,30,34);1H,(H,2,3). The monoisotopic (exact) mass is 536 g/mol. The van der Waals surface area contributed by atoms with E-state index in [1.807, 2.05) is 13.0 Å². The number of carbonyl (C=O) groups is 3. The summed E-state index contributed by atoms with van der Waals surface area (Å²) in [6.45, 7) is 2.25. The van der Waals surface area contributed by atoms with E-state index in [1.165, 1.54) is 16.0 Å². The maximum absolute atomic E-state index is 12.5. The van der Waals surface area contributed by atoms with Gasteiger partial charge in [0.1, 0.15) is 11.8 Å². The quantitative estimate of drug-likeness (QED) is 0.258. The molecule has 0 fully saturated rings. The normalized spacial score (nSPS) is 10.2. The van der Waals surface area contributed by atoms with Crippen molar-refractivity contribution in [2.75, 3.05) is 13.6 Å². The number of pyridine rings is 1. The van der Waals surface area contributed by atoms with Crippen LogP contribution in [-0.4, -0.2) is 58.4 Å². The van der Waals surface area contributed by atoms with Crippen LogP contribution in [0, 0.1) is 11.3 Å². The maximum atomic E-state index is 12.5. The number of halogens is 1. The summed E-state index contributed by atoms with van der Waals surface area (Å²) >= 11 is 5.95. The molecule has 2 N–H and O–H groups in total. The zero-order valence-corrected chi connectivity index (χ0v) is 21.4. The number of benzene rings is 2. The van der Waals surface area contributed by atoms with Crippen molar-refractivity contribution in [1.82, 2.24) is 20.1 Å². The maximum Gasteiger partial charge on any atom is 0.323 e. The molecule has 3 amide bonds. The van der Waals surface area contributed by atoms with Crippen molar-refractivity contribution in [1.29, 1.82) is 5.26 Å². The lowest BCUT2D eigenvalue weighted by Crippen LogP contribution is -2.47. The number of nitriles is 1. The zero-order valence-electron chi connectivity index (χ0n) is 20.6. The number of rotatable bonds is 7. The Morgan fingerprint density at radius 3 is 2.34 bits per heavy atom. The molecule has 0 spiro atoms. The summed E-state index contributed by atoms with van der Waals surface area (Å²) in [5.41, 5.74) is 1.73. The van der Waals surface area contributed by atoms with Gasteiger partial charge in [-0.05, 0) is 55.0 Å². The number of amides is 3. The van der Waals surface area contributed by atoms with Crippen molar-refractivity contribution in [3.05, 3.63) is 83.0 Å². The molecule has 0 saturated heterocycles. The first kappa shape index (κ1) is 29.3. The number of ether oxygens (including phenoxy) is 1. The van der Waals surface area contributed by atoms with E-state index in [0.29, 0.717) is 40.9 Å². The van der Waals surface area contributed by atoms with Gasteiger partial charge in [-0.2, -0.15) is 5.26 Å². The number of aliphatic imine (C=N–C) groups is 1. The number of guanidine groups is 1. The summed E-state index contributed by atoms with van der Waals surface area (Å²) in [7, 11) is 1.64. The number of urea groups is 1. The van der Waals surface area contributed by atoms with Crippen LogP contribution in [-0.2, 0) is 16.1 Å². The minimum atomic E-state index is -0.402. The number of nitrogens with one attached hydrogen (secondary N) is 1. The number of carbonyl (C=O) groups excluding carboxylic acids is 2. The number of aromatic nitrogens is 1. The highest BCUT2D eigenvalue weighted by Crippen LogP contribution is 2.23. The molecular weight excluding hydrogens is 512 g/mol. The van der Waals surface area contributed by atoms with Gasteiger partial charge in [-0.15, -0.1) is 0 Å². The fraction of sp³-hybridized carbons (Fsp3) is 0.154. The Bertz CT molecular complexity index is 1280. The van der Waals surface area contributed by atoms with Crippen molar-refractivity contribution in [3.8, 4) is 17.7 Å². The van der Waals surface area contributed by atoms with Gasteiger partial charge < -0.3 is 14.7 Å². The van der Waals surface area contributed by atoms with Crippen molar-refractivity contribution < 1.29 is 24.2 Å². The molecule has 0 bridgehead atoms. The van der Waals surface area contributed by atoms with E-state index in [4.69, 9.17) is 31.5 Å². The van der Waals surface area contributed by atoms with Gasteiger partial charge in [0.15, 0.2) is 0 Å². The molecule has 11 nitrogen and oxygen atoms in total. The molecule has 0 aliphatic carbocycles. The molecule has 2 aromatic carbocycles. The average Bonchev–Trinajstić information content (AvgIpc) is 2.93. The molecule has 196 valence electrons. The Hall–Kier alpha value is -4.95. The van der Waals surface area contributed by atoms with Gasteiger partial charge in [-0.1, -0.05) is 23.7 Å². The van der Waals surface area contributed by atoms with Gasteiger partial charge >= 0.3 is 6.03 Å². The lowest BCUT2D eigenvalue weighted by Gasteiger charge is -2.23. The van der Waals surface area contributed by atoms with Crippen LogP contribution in [0.4, 0.5) is 10.5 Å².